The summed E-state index contributed by atoms with van der Waals surface area (Å²) in [5, 5.41) is 0. The number of nitrogens with zero attached hydrogens (tertiary/aromatic N) is 1. The van der Waals surface area contributed by atoms with E-state index >= 15 is 0 Å². The number of esters is 1. The topological polar surface area (TPSA) is 63.7 Å². The number of halogens is 1. The molecule has 0 spiro atoms. The first-order valence-electron chi connectivity index (χ1n) is 6.20. The van der Waals surface area contributed by atoms with E-state index in [1.54, 1.807) is 24.3 Å². The van der Waals surface area contributed by atoms with E-state index in [0.29, 0.717) is 11.0 Å². The Morgan fingerprint density at radius 2 is 2.00 bits per heavy atom. The van der Waals surface area contributed by atoms with Gasteiger partial charge in [-0.3, -0.25) is 4.79 Å². The molecule has 0 bridgehead atoms. The summed E-state index contributed by atoms with van der Waals surface area (Å²) in [6.07, 6.45) is 0. The van der Waals surface area contributed by atoms with Crippen LogP contribution in [0.4, 0.5) is 0 Å². The molecule has 1 aromatic rings. The number of methoxy groups -OCH3 is 1. The Bertz CT molecular complexity index is 617. The third-order valence-electron chi connectivity index (χ3n) is 3.54. The molecule has 0 radical (unpaired) electrons. The van der Waals surface area contributed by atoms with Crippen LogP contribution < -0.4 is 0 Å². The number of carbonyl (C=O) groups excluding carboxylic acids is 1. The minimum absolute atomic E-state index is 0.0558. The van der Waals surface area contributed by atoms with Crippen LogP contribution in [0.15, 0.2) is 33.6 Å². The highest BCUT2D eigenvalue weighted by molar-refractivity contribution is 9.10. The van der Waals surface area contributed by atoms with Gasteiger partial charge in [0, 0.05) is 17.6 Å². The second kappa shape index (κ2) is 5.83. The van der Waals surface area contributed by atoms with E-state index in [1.165, 1.54) is 11.4 Å². The van der Waals surface area contributed by atoms with Gasteiger partial charge >= 0.3 is 5.97 Å². The molecule has 0 amide bonds. The van der Waals surface area contributed by atoms with Crippen molar-refractivity contribution in [1.29, 1.82) is 0 Å². The molecule has 5 nitrogen and oxygen atoms in total. The summed E-state index contributed by atoms with van der Waals surface area (Å²) in [7, 11) is -2.28. The van der Waals surface area contributed by atoms with Crippen LogP contribution in [0.25, 0.3) is 0 Å². The molecule has 2 rings (SSSR count). The van der Waals surface area contributed by atoms with Gasteiger partial charge in [-0.15, -0.1) is 0 Å². The Labute approximate surface area is 127 Å². The molecule has 110 valence electrons. The summed E-state index contributed by atoms with van der Waals surface area (Å²) < 4.78 is 31.8. The fraction of sp³-hybridized carbons (Fsp3) is 0.462. The number of ether oxygens (including phenoxy) is 1. The molecule has 0 aromatic heterocycles. The minimum Gasteiger partial charge on any atom is -0.469 e. The van der Waals surface area contributed by atoms with Crippen molar-refractivity contribution < 1.29 is 17.9 Å². The number of hydrogen-bond donors (Lipinski definition) is 0. The first-order valence-corrected chi connectivity index (χ1v) is 8.43. The van der Waals surface area contributed by atoms with Crippen LogP contribution in [-0.2, 0) is 19.6 Å². The van der Waals surface area contributed by atoms with Gasteiger partial charge in [0.05, 0.1) is 17.9 Å². The van der Waals surface area contributed by atoms with Crippen LogP contribution in [0.2, 0.25) is 0 Å². The summed E-state index contributed by atoms with van der Waals surface area (Å²) in [6.45, 7) is 2.35. The second-order valence-corrected chi connectivity index (χ2v) is 7.62. The van der Waals surface area contributed by atoms with Gasteiger partial charge in [-0.05, 0) is 34.0 Å². The van der Waals surface area contributed by atoms with Gasteiger partial charge < -0.3 is 4.74 Å². The Kier molecular flexibility index (Phi) is 4.51. The molecule has 2 atom stereocenters. The van der Waals surface area contributed by atoms with Gasteiger partial charge in [0.15, 0.2) is 0 Å². The van der Waals surface area contributed by atoms with Gasteiger partial charge in [-0.25, -0.2) is 8.42 Å². The molecule has 0 saturated carbocycles. The van der Waals surface area contributed by atoms with Crippen molar-refractivity contribution >= 4 is 31.9 Å². The molecule has 7 heteroatoms. The molecule has 1 aromatic carbocycles. The predicted octanol–water partition coefficient (Wildman–Crippen LogP) is 1.88. The fourth-order valence-electron chi connectivity index (χ4n) is 2.37. The lowest BCUT2D eigenvalue weighted by Gasteiger charge is -2.17. The number of hydrogen-bond acceptors (Lipinski definition) is 4. The highest BCUT2D eigenvalue weighted by atomic mass is 79.9. The van der Waals surface area contributed by atoms with Crippen molar-refractivity contribution in [1.82, 2.24) is 4.31 Å². The highest BCUT2D eigenvalue weighted by Crippen LogP contribution is 2.31. The van der Waals surface area contributed by atoms with Crippen molar-refractivity contribution in [2.24, 2.45) is 11.8 Å². The van der Waals surface area contributed by atoms with E-state index in [-0.39, 0.29) is 23.3 Å². The standard InChI is InChI=1S/C13H16BrNO4S/c1-9-7-15(8-10(9)13(16)19-2)20(17,18)12-6-4-3-5-11(12)14/h3-6,9-10H,7-8H2,1-2H3. The summed E-state index contributed by atoms with van der Waals surface area (Å²) in [4.78, 5) is 11.9. The molecule has 20 heavy (non-hydrogen) atoms. The lowest BCUT2D eigenvalue weighted by molar-refractivity contribution is -0.145. The van der Waals surface area contributed by atoms with Crippen molar-refractivity contribution in [2.75, 3.05) is 20.2 Å². The third-order valence-corrected chi connectivity index (χ3v) is 6.38. The minimum atomic E-state index is -3.60. The smallest absolute Gasteiger partial charge is 0.310 e. The van der Waals surface area contributed by atoms with E-state index in [0.717, 1.165) is 0 Å². The first-order chi connectivity index (χ1) is 9.37. The highest BCUT2D eigenvalue weighted by Gasteiger charge is 2.41. The monoisotopic (exact) mass is 361 g/mol. The van der Waals surface area contributed by atoms with Crippen LogP contribution in [-0.4, -0.2) is 38.9 Å². The number of carbonyl (C=O) groups is 1. The summed E-state index contributed by atoms with van der Waals surface area (Å²) in [5.74, 6) is -0.820. The molecule has 1 aliphatic heterocycles. The van der Waals surface area contributed by atoms with E-state index in [4.69, 9.17) is 4.74 Å². The van der Waals surface area contributed by atoms with Crippen LogP contribution in [0.5, 0.6) is 0 Å². The molecule has 2 unspecified atom stereocenters. The van der Waals surface area contributed by atoms with Crippen LogP contribution >= 0.6 is 15.9 Å². The lowest BCUT2D eigenvalue weighted by atomic mass is 9.99. The van der Waals surface area contributed by atoms with Gasteiger partial charge in [-0.1, -0.05) is 19.1 Å². The Morgan fingerprint density at radius 1 is 1.35 bits per heavy atom. The zero-order valence-corrected chi connectivity index (χ0v) is 13.6. The van der Waals surface area contributed by atoms with Gasteiger partial charge in [-0.2, -0.15) is 4.31 Å². The zero-order chi connectivity index (χ0) is 14.9. The maximum Gasteiger partial charge on any atom is 0.310 e. The Hall–Kier alpha value is -0.920. The summed E-state index contributed by atoms with van der Waals surface area (Å²) in [6, 6.07) is 6.67. The van der Waals surface area contributed by atoms with Crippen molar-refractivity contribution in [3.8, 4) is 0 Å². The molecule has 1 saturated heterocycles. The van der Waals surface area contributed by atoms with E-state index in [9.17, 15) is 13.2 Å². The molecule has 0 N–H and O–H groups in total. The quantitative estimate of drug-likeness (QED) is 0.771. The number of benzene rings is 1. The van der Waals surface area contributed by atoms with Gasteiger partial charge in [0.2, 0.25) is 10.0 Å². The van der Waals surface area contributed by atoms with Crippen LogP contribution in [0, 0.1) is 11.8 Å². The number of rotatable bonds is 3. The van der Waals surface area contributed by atoms with E-state index < -0.39 is 15.9 Å². The molecule has 1 aliphatic rings. The van der Waals surface area contributed by atoms with Crippen LogP contribution in [0.3, 0.4) is 0 Å². The summed E-state index contributed by atoms with van der Waals surface area (Å²) in [5.41, 5.74) is 0. The van der Waals surface area contributed by atoms with Crippen molar-refractivity contribution in [3.63, 3.8) is 0 Å². The van der Waals surface area contributed by atoms with Crippen molar-refractivity contribution in [2.45, 2.75) is 11.8 Å². The van der Waals surface area contributed by atoms with E-state index in [1.807, 2.05) is 6.92 Å². The average molecular weight is 362 g/mol. The maximum absolute atomic E-state index is 12.6. The molecular weight excluding hydrogens is 346 g/mol. The largest absolute Gasteiger partial charge is 0.469 e. The maximum atomic E-state index is 12.6. The average Bonchev–Trinajstić information content (AvgIpc) is 2.81. The third kappa shape index (κ3) is 2.75. The van der Waals surface area contributed by atoms with Gasteiger partial charge in [0.1, 0.15) is 0 Å². The molecule has 1 heterocycles. The molecule has 0 aliphatic carbocycles. The first kappa shape index (κ1) is 15.5. The summed E-state index contributed by atoms with van der Waals surface area (Å²) >= 11 is 3.25. The van der Waals surface area contributed by atoms with E-state index in [2.05, 4.69) is 15.9 Å². The fourth-order valence-corrected chi connectivity index (χ4v) is 4.90. The zero-order valence-electron chi connectivity index (χ0n) is 11.2. The Balaban J connectivity index is 2.29. The second-order valence-electron chi connectivity index (χ2n) is 4.86. The van der Waals surface area contributed by atoms with Gasteiger partial charge in [0.25, 0.3) is 0 Å². The molecular formula is C13H16BrNO4S. The van der Waals surface area contributed by atoms with Crippen molar-refractivity contribution in [3.05, 3.63) is 28.7 Å². The van der Waals surface area contributed by atoms with Crippen LogP contribution in [0.1, 0.15) is 6.92 Å². The molecule has 1 fully saturated rings. The SMILES string of the molecule is COC(=O)C1CN(S(=O)(=O)c2ccccc2Br)CC1C. The lowest BCUT2D eigenvalue weighted by Crippen LogP contribution is -2.30. The normalized spacial score (nSPS) is 23.8. The number of sulfonamides is 1. The predicted molar refractivity (Wildman–Crippen MR) is 77.6 cm³/mol. The Morgan fingerprint density at radius 3 is 2.60 bits per heavy atom.